The Kier molecular flexibility index (Phi) is 9.71. The molecule has 4 nitrogen and oxygen atoms in total. The van der Waals surface area contributed by atoms with Crippen LogP contribution in [0.4, 0.5) is 0 Å². The molecule has 0 amide bonds. The van der Waals surface area contributed by atoms with Crippen LogP contribution in [-0.4, -0.2) is 34.4 Å². The van der Waals surface area contributed by atoms with Gasteiger partial charge < -0.3 is 18.7 Å². The second-order valence-corrected chi connectivity index (χ2v) is 13.6. The van der Waals surface area contributed by atoms with Gasteiger partial charge in [0, 0.05) is 12.5 Å². The Hall–Kier alpha value is -1.17. The molecule has 1 rings (SSSR count). The Morgan fingerprint density at radius 1 is 1.11 bits per heavy atom. The lowest BCUT2D eigenvalue weighted by Gasteiger charge is -2.40. The first-order valence-corrected chi connectivity index (χ1v) is 12.9. The highest BCUT2D eigenvalue weighted by Gasteiger charge is 2.39. The molecule has 154 valence electrons. The van der Waals surface area contributed by atoms with Crippen molar-refractivity contribution in [1.82, 2.24) is 0 Å². The molecule has 27 heavy (non-hydrogen) atoms. The number of benzene rings is 1. The van der Waals surface area contributed by atoms with Crippen LogP contribution in [0.25, 0.3) is 0 Å². The van der Waals surface area contributed by atoms with Crippen molar-refractivity contribution in [3.05, 3.63) is 29.8 Å². The van der Waals surface area contributed by atoms with E-state index in [-0.39, 0.29) is 17.1 Å². The van der Waals surface area contributed by atoms with Gasteiger partial charge in [0.05, 0.1) is 19.8 Å². The van der Waals surface area contributed by atoms with Gasteiger partial charge in [0.25, 0.3) is 0 Å². The lowest BCUT2D eigenvalue weighted by molar-refractivity contribution is -0.113. The van der Waals surface area contributed by atoms with Crippen molar-refractivity contribution in [3.8, 4) is 5.75 Å². The average Bonchev–Trinajstić information content (AvgIpc) is 2.62. The summed E-state index contributed by atoms with van der Waals surface area (Å²) in [5.74, 6) is 0.787. The Morgan fingerprint density at radius 3 is 2.26 bits per heavy atom. The number of hydrogen-bond donors (Lipinski definition) is 0. The van der Waals surface area contributed by atoms with E-state index < -0.39 is 8.32 Å². The van der Waals surface area contributed by atoms with Crippen LogP contribution < -0.4 is 4.74 Å². The van der Waals surface area contributed by atoms with Crippen LogP contribution in [0.5, 0.6) is 5.75 Å². The van der Waals surface area contributed by atoms with Crippen molar-refractivity contribution in [2.75, 3.05) is 13.7 Å². The van der Waals surface area contributed by atoms with Crippen molar-refractivity contribution < 1.29 is 18.7 Å². The third-order valence-corrected chi connectivity index (χ3v) is 10.0. The number of unbranched alkanes of at least 4 members (excludes halogenated alkanes) is 1. The van der Waals surface area contributed by atoms with Gasteiger partial charge >= 0.3 is 0 Å². The fourth-order valence-electron chi connectivity index (χ4n) is 2.53. The molecule has 0 aliphatic rings. The number of methoxy groups -OCH3 is 1. The number of ether oxygens (including phenoxy) is 2. The fraction of sp³-hybridized carbons (Fsp3) is 0.682. The normalized spacial score (nSPS) is 14.6. The highest BCUT2D eigenvalue weighted by atomic mass is 28.4. The summed E-state index contributed by atoms with van der Waals surface area (Å²) in [5.41, 5.74) is 1.14. The summed E-state index contributed by atoms with van der Waals surface area (Å²) in [4.78, 5) is 11.3. The first-order valence-electron chi connectivity index (χ1n) is 9.94. The SMILES string of the molecule is COc1ccc(COCCCC[C@H](O[Si](C)(C)C(C)(C)C)[C@H](C)C=O)cc1. The predicted molar refractivity (Wildman–Crippen MR) is 114 cm³/mol. The van der Waals surface area contributed by atoms with Crippen LogP contribution in [0.15, 0.2) is 24.3 Å². The summed E-state index contributed by atoms with van der Waals surface area (Å²) in [6.45, 7) is 14.5. The largest absolute Gasteiger partial charge is 0.497 e. The first kappa shape index (κ1) is 23.9. The molecule has 0 unspecified atom stereocenters. The summed E-state index contributed by atoms with van der Waals surface area (Å²) in [6, 6.07) is 7.94. The maximum absolute atomic E-state index is 11.3. The van der Waals surface area contributed by atoms with Gasteiger partial charge in [-0.3, -0.25) is 0 Å². The van der Waals surface area contributed by atoms with Crippen LogP contribution in [0.3, 0.4) is 0 Å². The molecular formula is C22H38O4Si. The lowest BCUT2D eigenvalue weighted by atomic mass is 10.0. The Bertz CT molecular complexity index is 548. The van der Waals surface area contributed by atoms with Gasteiger partial charge in [-0.25, -0.2) is 0 Å². The molecule has 0 aromatic heterocycles. The number of hydrogen-bond acceptors (Lipinski definition) is 4. The second-order valence-electron chi connectivity index (χ2n) is 8.81. The molecule has 0 spiro atoms. The Labute approximate surface area is 166 Å². The van der Waals surface area contributed by atoms with E-state index in [0.717, 1.165) is 36.9 Å². The number of carbonyl (C=O) groups excluding carboxylic acids is 1. The monoisotopic (exact) mass is 394 g/mol. The molecule has 5 heteroatoms. The van der Waals surface area contributed by atoms with E-state index in [4.69, 9.17) is 13.9 Å². The molecule has 0 radical (unpaired) electrons. The van der Waals surface area contributed by atoms with E-state index in [1.165, 1.54) is 0 Å². The van der Waals surface area contributed by atoms with Crippen molar-refractivity contribution in [1.29, 1.82) is 0 Å². The van der Waals surface area contributed by atoms with Crippen LogP contribution in [0, 0.1) is 5.92 Å². The fourth-order valence-corrected chi connectivity index (χ4v) is 3.98. The van der Waals surface area contributed by atoms with Gasteiger partial charge in [-0.05, 0) is 55.1 Å². The number of carbonyl (C=O) groups is 1. The zero-order chi connectivity index (χ0) is 20.5. The molecule has 1 aromatic carbocycles. The molecule has 1 aromatic rings. The van der Waals surface area contributed by atoms with Crippen molar-refractivity contribution in [3.63, 3.8) is 0 Å². The van der Waals surface area contributed by atoms with Gasteiger partial charge in [-0.1, -0.05) is 39.8 Å². The second kappa shape index (κ2) is 11.0. The van der Waals surface area contributed by atoms with E-state index in [9.17, 15) is 4.79 Å². The number of rotatable bonds is 12. The van der Waals surface area contributed by atoms with E-state index in [2.05, 4.69) is 33.9 Å². The summed E-state index contributed by atoms with van der Waals surface area (Å²) >= 11 is 0. The molecule has 0 bridgehead atoms. The summed E-state index contributed by atoms with van der Waals surface area (Å²) < 4.78 is 17.4. The van der Waals surface area contributed by atoms with Crippen molar-refractivity contribution in [2.45, 2.75) is 77.8 Å². The Morgan fingerprint density at radius 2 is 1.74 bits per heavy atom. The van der Waals surface area contributed by atoms with E-state index in [1.54, 1.807) is 7.11 Å². The summed E-state index contributed by atoms with van der Waals surface area (Å²) in [7, 11) is -0.209. The average molecular weight is 395 g/mol. The molecule has 0 saturated carbocycles. The maximum Gasteiger partial charge on any atom is 0.192 e. The minimum atomic E-state index is -1.87. The van der Waals surface area contributed by atoms with E-state index in [1.807, 2.05) is 31.2 Å². The van der Waals surface area contributed by atoms with Gasteiger partial charge in [0.1, 0.15) is 12.0 Å². The minimum absolute atomic E-state index is 0.00461. The first-order chi connectivity index (χ1) is 12.6. The summed E-state index contributed by atoms with van der Waals surface area (Å²) in [6.07, 6.45) is 3.90. The highest BCUT2D eigenvalue weighted by molar-refractivity contribution is 6.74. The predicted octanol–water partition coefficient (Wildman–Crippen LogP) is 5.61. The molecule has 0 aliphatic carbocycles. The summed E-state index contributed by atoms with van der Waals surface area (Å²) in [5, 5.41) is 0.148. The third kappa shape index (κ3) is 8.16. The van der Waals surface area contributed by atoms with Crippen LogP contribution >= 0.6 is 0 Å². The van der Waals surface area contributed by atoms with Crippen LogP contribution in [0.1, 0.15) is 52.5 Å². The molecule has 2 atom stereocenters. The van der Waals surface area contributed by atoms with Crippen molar-refractivity contribution in [2.24, 2.45) is 5.92 Å². The molecule has 0 N–H and O–H groups in total. The topological polar surface area (TPSA) is 44.8 Å². The standard InChI is InChI=1S/C22H38O4Si/c1-18(16-23)21(26-27(6,7)22(2,3)4)10-8-9-15-25-17-19-11-13-20(24-5)14-12-19/h11-14,16,18,21H,8-10,15,17H2,1-7H3/t18-,21+/m1/s1. The smallest absolute Gasteiger partial charge is 0.192 e. The zero-order valence-corrected chi connectivity index (χ0v) is 19.2. The Balaban J connectivity index is 2.37. The third-order valence-electron chi connectivity index (χ3n) is 5.51. The van der Waals surface area contributed by atoms with Crippen LogP contribution in [-0.2, 0) is 20.6 Å². The van der Waals surface area contributed by atoms with Gasteiger partial charge in [-0.2, -0.15) is 0 Å². The van der Waals surface area contributed by atoms with E-state index >= 15 is 0 Å². The van der Waals surface area contributed by atoms with Crippen molar-refractivity contribution >= 4 is 14.6 Å². The quantitative estimate of drug-likeness (QED) is 0.263. The maximum atomic E-state index is 11.3. The highest BCUT2D eigenvalue weighted by Crippen LogP contribution is 2.38. The lowest BCUT2D eigenvalue weighted by Crippen LogP contribution is -2.45. The van der Waals surface area contributed by atoms with Gasteiger partial charge in [0.2, 0.25) is 0 Å². The number of aldehydes is 1. The van der Waals surface area contributed by atoms with Crippen LogP contribution in [0.2, 0.25) is 18.1 Å². The molecular weight excluding hydrogens is 356 g/mol. The molecule has 0 saturated heterocycles. The van der Waals surface area contributed by atoms with Gasteiger partial charge in [0.15, 0.2) is 8.32 Å². The molecule has 0 aliphatic heterocycles. The molecule has 0 fully saturated rings. The minimum Gasteiger partial charge on any atom is -0.497 e. The van der Waals surface area contributed by atoms with E-state index in [0.29, 0.717) is 13.2 Å². The molecule has 0 heterocycles. The zero-order valence-electron chi connectivity index (χ0n) is 18.2. The van der Waals surface area contributed by atoms with Gasteiger partial charge in [-0.15, -0.1) is 0 Å².